The summed E-state index contributed by atoms with van der Waals surface area (Å²) in [5, 5.41) is 20.0. The van der Waals surface area contributed by atoms with E-state index < -0.39 is 7.12 Å². The third kappa shape index (κ3) is 3.39. The summed E-state index contributed by atoms with van der Waals surface area (Å²) in [5.41, 5.74) is 4.39. The van der Waals surface area contributed by atoms with Crippen molar-refractivity contribution in [1.82, 2.24) is 0 Å². The topological polar surface area (TPSA) is 49.7 Å². The number of benzene rings is 1. The molecular formula is C17H23BO3. The van der Waals surface area contributed by atoms with Gasteiger partial charge in [-0.2, -0.15) is 0 Å². The minimum Gasteiger partial charge on any atom is -0.507 e. The van der Waals surface area contributed by atoms with Crippen LogP contribution in [0.25, 0.3) is 0 Å². The molecule has 0 saturated carbocycles. The fourth-order valence-electron chi connectivity index (χ4n) is 2.77. The number of aromatic hydroxyl groups is 1. The lowest BCUT2D eigenvalue weighted by molar-refractivity contribution is 0.168. The Kier molecular flexibility index (Phi) is 4.91. The van der Waals surface area contributed by atoms with E-state index in [2.05, 4.69) is 13.5 Å². The van der Waals surface area contributed by atoms with E-state index in [0.717, 1.165) is 40.6 Å². The largest absolute Gasteiger partial charge is 0.507 e. The molecule has 0 radical (unpaired) electrons. The molecule has 4 heteroatoms. The van der Waals surface area contributed by atoms with E-state index in [1.165, 1.54) is 0 Å². The quantitative estimate of drug-likeness (QED) is 0.828. The van der Waals surface area contributed by atoms with E-state index in [-0.39, 0.29) is 6.10 Å². The summed E-state index contributed by atoms with van der Waals surface area (Å²) in [6.45, 7) is 9.85. The maximum Gasteiger partial charge on any atom is 0.491 e. The van der Waals surface area contributed by atoms with Crippen LogP contribution in [0.15, 0.2) is 35.8 Å². The summed E-state index contributed by atoms with van der Waals surface area (Å²) in [6, 6.07) is 3.83. The molecule has 0 spiro atoms. The van der Waals surface area contributed by atoms with Crippen molar-refractivity contribution in [2.75, 3.05) is 0 Å². The molecule has 2 rings (SSSR count). The van der Waals surface area contributed by atoms with E-state index in [4.69, 9.17) is 4.65 Å². The van der Waals surface area contributed by atoms with E-state index in [1.807, 2.05) is 32.1 Å². The number of phenolic OH excluding ortho intramolecular Hbond substituents is 1. The van der Waals surface area contributed by atoms with Gasteiger partial charge in [-0.15, -0.1) is 0 Å². The SMILES string of the molecule is C=C(CCC)C1=CCC(c2cc(C)c(O)c(C)c2)OB1O. The van der Waals surface area contributed by atoms with Crippen molar-refractivity contribution in [2.24, 2.45) is 0 Å². The number of phenols is 1. The maximum absolute atomic E-state index is 10.2. The standard InChI is InChI=1S/C17H23BO3/c1-5-6-11(2)15-7-8-16(21-18(15)20)14-9-12(3)17(19)13(4)10-14/h7,9-10,16,19-20H,2,5-6,8H2,1,3-4H3. The normalized spacial score (nSPS) is 18.6. The van der Waals surface area contributed by atoms with E-state index >= 15 is 0 Å². The van der Waals surface area contributed by atoms with Crippen LogP contribution in [0.4, 0.5) is 0 Å². The molecule has 3 nitrogen and oxygen atoms in total. The molecule has 0 bridgehead atoms. The highest BCUT2D eigenvalue weighted by molar-refractivity contribution is 6.54. The van der Waals surface area contributed by atoms with Gasteiger partial charge in [0.1, 0.15) is 5.75 Å². The molecule has 0 saturated heterocycles. The molecule has 1 aromatic carbocycles. The van der Waals surface area contributed by atoms with Crippen LogP contribution in [0.1, 0.15) is 49.0 Å². The first kappa shape index (κ1) is 15.9. The molecule has 1 aromatic rings. The molecule has 0 fully saturated rings. The van der Waals surface area contributed by atoms with Gasteiger partial charge in [0.25, 0.3) is 0 Å². The van der Waals surface area contributed by atoms with Gasteiger partial charge in [-0.1, -0.05) is 31.6 Å². The first-order valence-corrected chi connectivity index (χ1v) is 7.45. The van der Waals surface area contributed by atoms with Gasteiger partial charge in [-0.05, 0) is 61.0 Å². The van der Waals surface area contributed by atoms with Gasteiger partial charge in [0.2, 0.25) is 0 Å². The molecule has 1 aliphatic rings. The zero-order valence-corrected chi connectivity index (χ0v) is 13.0. The van der Waals surface area contributed by atoms with Crippen molar-refractivity contribution < 1.29 is 14.8 Å². The Hall–Kier alpha value is -1.52. The summed E-state index contributed by atoms with van der Waals surface area (Å²) >= 11 is 0. The number of aryl methyl sites for hydroxylation is 2. The first-order valence-electron chi connectivity index (χ1n) is 7.45. The van der Waals surface area contributed by atoms with E-state index in [1.54, 1.807) is 0 Å². The van der Waals surface area contributed by atoms with E-state index in [9.17, 15) is 10.1 Å². The van der Waals surface area contributed by atoms with Crippen molar-refractivity contribution in [3.05, 3.63) is 52.5 Å². The average Bonchev–Trinajstić information content (AvgIpc) is 2.44. The van der Waals surface area contributed by atoms with Gasteiger partial charge < -0.3 is 14.8 Å². The lowest BCUT2D eigenvalue weighted by atomic mass is 9.70. The van der Waals surface area contributed by atoms with Crippen LogP contribution in [0, 0.1) is 13.8 Å². The summed E-state index contributed by atoms with van der Waals surface area (Å²) in [6.07, 6.45) is 4.42. The van der Waals surface area contributed by atoms with Crippen LogP contribution in [0.5, 0.6) is 5.75 Å². The second kappa shape index (κ2) is 6.50. The molecule has 1 heterocycles. The van der Waals surface area contributed by atoms with Crippen LogP contribution in [-0.4, -0.2) is 17.2 Å². The molecule has 21 heavy (non-hydrogen) atoms. The summed E-state index contributed by atoms with van der Waals surface area (Å²) in [5.74, 6) is 0.322. The van der Waals surface area contributed by atoms with Crippen LogP contribution < -0.4 is 0 Å². The molecule has 0 aliphatic carbocycles. The maximum atomic E-state index is 10.2. The molecule has 1 atom stereocenters. The Labute approximate surface area is 127 Å². The van der Waals surface area contributed by atoms with Crippen LogP contribution in [0.3, 0.4) is 0 Å². The Morgan fingerprint density at radius 1 is 1.38 bits per heavy atom. The van der Waals surface area contributed by atoms with Crippen molar-refractivity contribution in [2.45, 2.75) is 46.1 Å². The van der Waals surface area contributed by atoms with Crippen molar-refractivity contribution >= 4 is 7.12 Å². The summed E-state index contributed by atoms with van der Waals surface area (Å²) in [4.78, 5) is 0. The fourth-order valence-corrected chi connectivity index (χ4v) is 2.77. The van der Waals surface area contributed by atoms with Gasteiger partial charge in [0.15, 0.2) is 0 Å². The zero-order chi connectivity index (χ0) is 15.6. The number of hydrogen-bond acceptors (Lipinski definition) is 3. The minimum atomic E-state index is -0.919. The third-order valence-electron chi connectivity index (χ3n) is 3.96. The second-order valence-corrected chi connectivity index (χ2v) is 5.73. The van der Waals surface area contributed by atoms with E-state index in [0.29, 0.717) is 12.2 Å². The van der Waals surface area contributed by atoms with Gasteiger partial charge >= 0.3 is 7.12 Å². The summed E-state index contributed by atoms with van der Waals surface area (Å²) in [7, 11) is -0.919. The van der Waals surface area contributed by atoms with Gasteiger partial charge in [0.05, 0.1) is 6.10 Å². The molecule has 1 aliphatic heterocycles. The highest BCUT2D eigenvalue weighted by atomic mass is 16.5. The number of allylic oxidation sites excluding steroid dienone is 2. The molecule has 0 aromatic heterocycles. The molecular weight excluding hydrogens is 263 g/mol. The van der Waals surface area contributed by atoms with Crippen molar-refractivity contribution in [1.29, 1.82) is 0 Å². The Morgan fingerprint density at radius 2 is 2.00 bits per heavy atom. The molecule has 0 amide bonds. The van der Waals surface area contributed by atoms with Gasteiger partial charge in [0, 0.05) is 0 Å². The predicted octanol–water partition coefficient (Wildman–Crippen LogP) is 3.77. The monoisotopic (exact) mass is 286 g/mol. The van der Waals surface area contributed by atoms with Crippen molar-refractivity contribution in [3.8, 4) is 5.75 Å². The van der Waals surface area contributed by atoms with Gasteiger partial charge in [-0.3, -0.25) is 0 Å². The molecule has 1 unspecified atom stereocenters. The lowest BCUT2D eigenvalue weighted by Crippen LogP contribution is -2.28. The van der Waals surface area contributed by atoms with Crippen LogP contribution >= 0.6 is 0 Å². The smallest absolute Gasteiger partial charge is 0.491 e. The summed E-state index contributed by atoms with van der Waals surface area (Å²) < 4.78 is 5.75. The minimum absolute atomic E-state index is 0.184. The Balaban J connectivity index is 2.21. The fraction of sp³-hybridized carbons (Fsp3) is 0.412. The van der Waals surface area contributed by atoms with Crippen molar-refractivity contribution in [3.63, 3.8) is 0 Å². The lowest BCUT2D eigenvalue weighted by Gasteiger charge is -2.27. The van der Waals surface area contributed by atoms with Crippen LogP contribution in [-0.2, 0) is 4.65 Å². The Bertz CT molecular complexity index is 554. The predicted molar refractivity (Wildman–Crippen MR) is 86.1 cm³/mol. The zero-order valence-electron chi connectivity index (χ0n) is 13.0. The number of rotatable bonds is 4. The second-order valence-electron chi connectivity index (χ2n) is 5.73. The highest BCUT2D eigenvalue weighted by Gasteiger charge is 2.30. The Morgan fingerprint density at radius 3 is 2.52 bits per heavy atom. The first-order chi connectivity index (χ1) is 9.93. The van der Waals surface area contributed by atoms with Crippen LogP contribution in [0.2, 0.25) is 0 Å². The highest BCUT2D eigenvalue weighted by Crippen LogP contribution is 2.34. The third-order valence-corrected chi connectivity index (χ3v) is 3.96. The average molecular weight is 286 g/mol. The molecule has 2 N–H and O–H groups in total. The number of hydrogen-bond donors (Lipinski definition) is 2. The van der Waals surface area contributed by atoms with Gasteiger partial charge in [-0.25, -0.2) is 0 Å². The molecule has 112 valence electrons.